The summed E-state index contributed by atoms with van der Waals surface area (Å²) in [7, 11) is -7.26. The van der Waals surface area contributed by atoms with Gasteiger partial charge in [-0.3, -0.25) is 0 Å². The van der Waals surface area contributed by atoms with Crippen LogP contribution in [-0.4, -0.2) is 45.0 Å². The molecular formula is C21H22N2O5S2. The normalized spacial score (nSPS) is 20.0. The molecule has 1 aliphatic rings. The zero-order valence-corrected chi connectivity index (χ0v) is 18.1. The van der Waals surface area contributed by atoms with Crippen molar-refractivity contribution in [1.82, 2.24) is 9.29 Å². The second-order valence-corrected chi connectivity index (χ2v) is 11.5. The molecule has 3 aromatic rings. The minimum atomic E-state index is -3.81. The Labute approximate surface area is 176 Å². The van der Waals surface area contributed by atoms with E-state index in [0.717, 1.165) is 5.56 Å². The fourth-order valence-corrected chi connectivity index (χ4v) is 7.02. The summed E-state index contributed by atoms with van der Waals surface area (Å²) in [6.45, 7) is 1.82. The van der Waals surface area contributed by atoms with E-state index in [0.29, 0.717) is 17.1 Å². The molecule has 9 heteroatoms. The molecule has 1 saturated heterocycles. The molecule has 0 aliphatic carbocycles. The van der Waals surface area contributed by atoms with Crippen LogP contribution in [0.15, 0.2) is 70.2 Å². The standard InChI is InChI=1S/C21H22N2O5S2/c1-16-22-20(15-28-16)17-7-9-19(10-8-17)30(26,27)23-12-11-21(29(24,25)14-13-23)18-5-3-2-4-6-18/h2-10,15,21H,11-14H2,1H3/t21-/m1/s1. The fourth-order valence-electron chi connectivity index (χ4n) is 3.65. The zero-order chi connectivity index (χ0) is 21.4. The lowest BCUT2D eigenvalue weighted by Crippen LogP contribution is -2.33. The highest BCUT2D eigenvalue weighted by atomic mass is 32.2. The maximum Gasteiger partial charge on any atom is 0.243 e. The molecule has 7 nitrogen and oxygen atoms in total. The van der Waals surface area contributed by atoms with Crippen molar-refractivity contribution in [3.8, 4) is 11.3 Å². The third-order valence-electron chi connectivity index (χ3n) is 5.28. The van der Waals surface area contributed by atoms with Crippen molar-refractivity contribution in [1.29, 1.82) is 0 Å². The molecule has 1 aliphatic heterocycles. The van der Waals surface area contributed by atoms with E-state index in [-0.39, 0.29) is 30.2 Å². The van der Waals surface area contributed by atoms with Crippen molar-refractivity contribution >= 4 is 19.9 Å². The predicted molar refractivity (Wildman–Crippen MR) is 113 cm³/mol. The number of sulfonamides is 1. The topological polar surface area (TPSA) is 97.5 Å². The van der Waals surface area contributed by atoms with Gasteiger partial charge in [-0.25, -0.2) is 21.8 Å². The highest BCUT2D eigenvalue weighted by Crippen LogP contribution is 2.31. The smallest absolute Gasteiger partial charge is 0.243 e. The third kappa shape index (κ3) is 4.05. The Balaban J connectivity index is 1.57. The van der Waals surface area contributed by atoms with Gasteiger partial charge in [0.05, 0.1) is 15.9 Å². The van der Waals surface area contributed by atoms with Gasteiger partial charge < -0.3 is 4.42 Å². The molecule has 2 heterocycles. The second kappa shape index (κ2) is 7.98. The molecular weight excluding hydrogens is 424 g/mol. The van der Waals surface area contributed by atoms with Crippen LogP contribution in [0.4, 0.5) is 0 Å². The molecule has 1 fully saturated rings. The van der Waals surface area contributed by atoms with Crippen molar-refractivity contribution in [2.45, 2.75) is 23.5 Å². The van der Waals surface area contributed by atoms with Crippen LogP contribution in [-0.2, 0) is 19.9 Å². The predicted octanol–water partition coefficient (Wildman–Crippen LogP) is 3.20. The first-order valence-electron chi connectivity index (χ1n) is 9.56. The average Bonchev–Trinajstić information content (AvgIpc) is 3.09. The lowest BCUT2D eigenvalue weighted by Gasteiger charge is -2.20. The lowest BCUT2D eigenvalue weighted by molar-refractivity contribution is 0.428. The lowest BCUT2D eigenvalue weighted by atomic mass is 10.1. The molecule has 4 rings (SSSR count). The van der Waals surface area contributed by atoms with Crippen molar-refractivity contribution in [3.05, 3.63) is 72.3 Å². The number of rotatable bonds is 4. The van der Waals surface area contributed by atoms with Crippen LogP contribution >= 0.6 is 0 Å². The number of hydrogen-bond donors (Lipinski definition) is 0. The summed E-state index contributed by atoms with van der Waals surface area (Å²) in [5.74, 6) is 0.322. The van der Waals surface area contributed by atoms with Crippen molar-refractivity contribution in [2.75, 3.05) is 18.8 Å². The number of benzene rings is 2. The molecule has 158 valence electrons. The molecule has 0 saturated carbocycles. The molecule has 0 bridgehead atoms. The minimum absolute atomic E-state index is 0.0573. The maximum absolute atomic E-state index is 13.1. The molecule has 1 aromatic heterocycles. The minimum Gasteiger partial charge on any atom is -0.449 e. The summed E-state index contributed by atoms with van der Waals surface area (Å²) in [5.41, 5.74) is 2.07. The van der Waals surface area contributed by atoms with Gasteiger partial charge in [0.15, 0.2) is 15.7 Å². The van der Waals surface area contributed by atoms with Crippen molar-refractivity contribution < 1.29 is 21.3 Å². The highest BCUT2D eigenvalue weighted by Gasteiger charge is 2.35. The van der Waals surface area contributed by atoms with E-state index in [1.165, 1.54) is 22.7 Å². The number of oxazole rings is 1. The maximum atomic E-state index is 13.1. The van der Waals surface area contributed by atoms with Crippen LogP contribution in [0.3, 0.4) is 0 Å². The zero-order valence-electron chi connectivity index (χ0n) is 16.4. The van der Waals surface area contributed by atoms with Crippen LogP contribution in [0, 0.1) is 6.92 Å². The van der Waals surface area contributed by atoms with Crippen molar-refractivity contribution in [2.24, 2.45) is 0 Å². The number of sulfone groups is 1. The third-order valence-corrected chi connectivity index (χ3v) is 9.32. The van der Waals surface area contributed by atoms with Crippen LogP contribution in [0.1, 0.15) is 23.1 Å². The van der Waals surface area contributed by atoms with Gasteiger partial charge in [-0.05, 0) is 24.1 Å². The van der Waals surface area contributed by atoms with Gasteiger partial charge in [-0.2, -0.15) is 4.31 Å². The summed E-state index contributed by atoms with van der Waals surface area (Å²) in [4.78, 5) is 4.36. The molecule has 2 aromatic carbocycles. The SMILES string of the molecule is Cc1nc(-c2ccc(S(=O)(=O)N3CC[C@H](c4ccccc4)S(=O)(=O)CC3)cc2)co1. The second-order valence-electron chi connectivity index (χ2n) is 7.24. The monoisotopic (exact) mass is 446 g/mol. The molecule has 1 atom stereocenters. The number of aryl methyl sites for hydroxylation is 1. The van der Waals surface area contributed by atoms with Gasteiger partial charge in [0.25, 0.3) is 0 Å². The van der Waals surface area contributed by atoms with E-state index in [2.05, 4.69) is 4.98 Å². The van der Waals surface area contributed by atoms with E-state index in [1.807, 2.05) is 6.07 Å². The van der Waals surface area contributed by atoms with Gasteiger partial charge in [-0.1, -0.05) is 42.5 Å². The molecule has 0 unspecified atom stereocenters. The summed E-state index contributed by atoms with van der Waals surface area (Å²) < 4.78 is 58.3. The summed E-state index contributed by atoms with van der Waals surface area (Å²) >= 11 is 0. The number of hydrogen-bond acceptors (Lipinski definition) is 6. The Morgan fingerprint density at radius 1 is 1.03 bits per heavy atom. The molecule has 0 spiro atoms. The summed E-state index contributed by atoms with van der Waals surface area (Å²) in [6.07, 6.45) is 1.74. The number of nitrogens with zero attached hydrogens (tertiary/aromatic N) is 2. The van der Waals surface area contributed by atoms with E-state index in [9.17, 15) is 16.8 Å². The van der Waals surface area contributed by atoms with Gasteiger partial charge in [0.1, 0.15) is 12.0 Å². The molecule has 0 radical (unpaired) electrons. The first-order chi connectivity index (χ1) is 14.3. The quantitative estimate of drug-likeness (QED) is 0.610. The molecule has 0 N–H and O–H groups in total. The van der Waals surface area contributed by atoms with Crippen LogP contribution in [0.5, 0.6) is 0 Å². The van der Waals surface area contributed by atoms with Gasteiger partial charge in [-0.15, -0.1) is 0 Å². The van der Waals surface area contributed by atoms with Gasteiger partial charge in [0.2, 0.25) is 10.0 Å². The van der Waals surface area contributed by atoms with E-state index in [1.54, 1.807) is 43.3 Å². The van der Waals surface area contributed by atoms with Crippen LogP contribution in [0.2, 0.25) is 0 Å². The van der Waals surface area contributed by atoms with Gasteiger partial charge in [0, 0.05) is 25.6 Å². The summed E-state index contributed by atoms with van der Waals surface area (Å²) in [5, 5.41) is -0.698. The van der Waals surface area contributed by atoms with E-state index >= 15 is 0 Å². The van der Waals surface area contributed by atoms with Crippen molar-refractivity contribution in [3.63, 3.8) is 0 Å². The Morgan fingerprint density at radius 2 is 1.73 bits per heavy atom. The summed E-state index contributed by atoms with van der Waals surface area (Å²) in [6, 6.07) is 15.3. The van der Waals surface area contributed by atoms with Crippen LogP contribution in [0.25, 0.3) is 11.3 Å². The van der Waals surface area contributed by atoms with E-state index < -0.39 is 25.1 Å². The number of aromatic nitrogens is 1. The Bertz CT molecular complexity index is 1230. The highest BCUT2D eigenvalue weighted by molar-refractivity contribution is 7.92. The Hall–Kier alpha value is -2.49. The largest absolute Gasteiger partial charge is 0.449 e. The Morgan fingerprint density at radius 3 is 2.37 bits per heavy atom. The fraction of sp³-hybridized carbons (Fsp3) is 0.286. The van der Waals surface area contributed by atoms with Gasteiger partial charge >= 0.3 is 0 Å². The Kier molecular flexibility index (Phi) is 5.52. The first-order valence-corrected chi connectivity index (χ1v) is 12.7. The molecule has 30 heavy (non-hydrogen) atoms. The van der Waals surface area contributed by atoms with E-state index in [4.69, 9.17) is 4.42 Å². The first kappa shape index (κ1) is 20.8. The van der Waals surface area contributed by atoms with Crippen LogP contribution < -0.4 is 0 Å². The molecule has 0 amide bonds. The average molecular weight is 447 g/mol.